The highest BCUT2D eigenvalue weighted by Gasteiger charge is 2.35. The number of benzene rings is 1. The number of furan rings is 1. The average molecular weight is 410 g/mol. The summed E-state index contributed by atoms with van der Waals surface area (Å²) in [6, 6.07) is 6.72. The van der Waals surface area contributed by atoms with E-state index in [1.165, 1.54) is 11.0 Å². The predicted molar refractivity (Wildman–Crippen MR) is 85.8 cm³/mol. The van der Waals surface area contributed by atoms with Gasteiger partial charge in [0, 0.05) is 30.6 Å². The van der Waals surface area contributed by atoms with Crippen molar-refractivity contribution in [2.45, 2.75) is 12.3 Å². The lowest BCUT2D eigenvalue weighted by Gasteiger charge is -2.16. The molecule has 0 radical (unpaired) electrons. The molecule has 9 heteroatoms. The van der Waals surface area contributed by atoms with Crippen molar-refractivity contribution < 1.29 is 22.5 Å². The molecule has 1 unspecified atom stereocenters. The number of halogens is 3. The molecule has 2 aromatic heterocycles. The van der Waals surface area contributed by atoms with Gasteiger partial charge in [-0.2, -0.15) is 4.98 Å². The van der Waals surface area contributed by atoms with Gasteiger partial charge in [-0.3, -0.25) is 4.79 Å². The van der Waals surface area contributed by atoms with Crippen LogP contribution in [0.15, 0.2) is 43.9 Å². The van der Waals surface area contributed by atoms with Gasteiger partial charge in [-0.05, 0) is 40.2 Å². The van der Waals surface area contributed by atoms with Crippen molar-refractivity contribution in [1.29, 1.82) is 0 Å². The minimum atomic E-state index is -1.00. The van der Waals surface area contributed by atoms with Gasteiger partial charge in [0.05, 0.1) is 0 Å². The Morgan fingerprint density at radius 3 is 2.76 bits per heavy atom. The summed E-state index contributed by atoms with van der Waals surface area (Å²) in [5, 5.41) is 3.90. The van der Waals surface area contributed by atoms with Crippen molar-refractivity contribution in [1.82, 2.24) is 10.1 Å². The molecule has 25 heavy (non-hydrogen) atoms. The summed E-state index contributed by atoms with van der Waals surface area (Å²) in [6.07, 6.45) is 0.153. The smallest absolute Gasteiger partial charge is 0.293 e. The third kappa shape index (κ3) is 2.95. The number of hydrogen-bond donors (Lipinski definition) is 0. The Morgan fingerprint density at radius 1 is 1.20 bits per heavy atom. The standard InChI is InChI=1S/C16H10BrF2N3O3/c17-13-4-3-12(24-13)16-20-15(21-25-16)8-5-14(23)22(7-8)9-1-2-10(18)11(19)6-9/h1-4,6,8H,5,7H2. The molecule has 1 saturated heterocycles. The molecule has 0 bridgehead atoms. The van der Waals surface area contributed by atoms with Crippen molar-refractivity contribution in [2.75, 3.05) is 11.4 Å². The van der Waals surface area contributed by atoms with Crippen LogP contribution in [0.25, 0.3) is 11.7 Å². The maximum atomic E-state index is 13.4. The monoisotopic (exact) mass is 409 g/mol. The van der Waals surface area contributed by atoms with E-state index >= 15 is 0 Å². The second-order valence-corrected chi connectivity index (χ2v) is 6.35. The normalized spacial score (nSPS) is 17.5. The number of carbonyl (C=O) groups excluding carboxylic acids is 1. The summed E-state index contributed by atoms with van der Waals surface area (Å²) in [6.45, 7) is 0.255. The van der Waals surface area contributed by atoms with Crippen LogP contribution in [0.3, 0.4) is 0 Å². The molecule has 0 aliphatic carbocycles. The lowest BCUT2D eigenvalue weighted by Crippen LogP contribution is -2.24. The molecule has 1 aromatic carbocycles. The molecular formula is C16H10BrF2N3O3. The Balaban J connectivity index is 1.56. The van der Waals surface area contributed by atoms with E-state index in [1.807, 2.05) is 0 Å². The zero-order chi connectivity index (χ0) is 17.6. The van der Waals surface area contributed by atoms with Gasteiger partial charge >= 0.3 is 0 Å². The summed E-state index contributed by atoms with van der Waals surface area (Å²) in [5.74, 6) is -1.51. The van der Waals surface area contributed by atoms with Gasteiger partial charge < -0.3 is 13.8 Å². The highest BCUT2D eigenvalue weighted by molar-refractivity contribution is 9.10. The van der Waals surface area contributed by atoms with Gasteiger partial charge in [0.2, 0.25) is 5.91 Å². The van der Waals surface area contributed by atoms with E-state index in [0.29, 0.717) is 21.9 Å². The molecule has 3 aromatic rings. The Hall–Kier alpha value is -2.55. The first-order valence-electron chi connectivity index (χ1n) is 7.36. The number of amides is 1. The second-order valence-electron chi connectivity index (χ2n) is 5.57. The van der Waals surface area contributed by atoms with Crippen LogP contribution >= 0.6 is 15.9 Å². The molecule has 1 aliphatic heterocycles. The Morgan fingerprint density at radius 2 is 2.04 bits per heavy atom. The van der Waals surface area contributed by atoms with Crippen LogP contribution in [-0.2, 0) is 4.79 Å². The number of rotatable bonds is 3. The zero-order valence-corrected chi connectivity index (χ0v) is 14.2. The number of anilines is 1. The summed E-state index contributed by atoms with van der Waals surface area (Å²) in [7, 11) is 0. The topological polar surface area (TPSA) is 72.4 Å². The fourth-order valence-electron chi connectivity index (χ4n) is 2.71. The molecule has 0 saturated carbocycles. The molecular weight excluding hydrogens is 400 g/mol. The summed E-state index contributed by atoms with van der Waals surface area (Å²) in [4.78, 5) is 17.9. The molecule has 3 heterocycles. The van der Waals surface area contributed by atoms with E-state index in [-0.39, 0.29) is 30.7 Å². The lowest BCUT2D eigenvalue weighted by atomic mass is 10.1. The fraction of sp³-hybridized carbons (Fsp3) is 0.188. The SMILES string of the molecule is O=C1CC(c2noc(-c3ccc(Br)o3)n2)CN1c1ccc(F)c(F)c1. The van der Waals surface area contributed by atoms with E-state index in [0.717, 1.165) is 12.1 Å². The summed E-state index contributed by atoms with van der Waals surface area (Å²) >= 11 is 3.19. The van der Waals surface area contributed by atoms with Crippen LogP contribution in [0.4, 0.5) is 14.5 Å². The molecule has 6 nitrogen and oxygen atoms in total. The molecule has 128 valence electrons. The third-order valence-corrected chi connectivity index (χ3v) is 4.36. The van der Waals surface area contributed by atoms with E-state index in [1.54, 1.807) is 12.1 Å². The van der Waals surface area contributed by atoms with Crippen molar-refractivity contribution in [3.63, 3.8) is 0 Å². The molecule has 0 N–H and O–H groups in total. The maximum absolute atomic E-state index is 13.4. The molecule has 1 atom stereocenters. The van der Waals surface area contributed by atoms with E-state index in [2.05, 4.69) is 26.1 Å². The van der Waals surface area contributed by atoms with Crippen molar-refractivity contribution in [3.8, 4) is 11.7 Å². The van der Waals surface area contributed by atoms with E-state index in [9.17, 15) is 13.6 Å². The Bertz CT molecular complexity index is 956. The van der Waals surface area contributed by atoms with Crippen molar-refractivity contribution in [2.24, 2.45) is 0 Å². The summed E-state index contributed by atoms with van der Waals surface area (Å²) < 4.78 is 37.5. The molecule has 0 spiro atoms. The molecule has 1 aliphatic rings. The van der Waals surface area contributed by atoms with Crippen LogP contribution in [-0.4, -0.2) is 22.6 Å². The highest BCUT2D eigenvalue weighted by atomic mass is 79.9. The first-order chi connectivity index (χ1) is 12.0. The quantitative estimate of drug-likeness (QED) is 0.655. The number of nitrogens with zero attached hydrogens (tertiary/aromatic N) is 3. The summed E-state index contributed by atoms with van der Waals surface area (Å²) in [5.41, 5.74) is 0.296. The van der Waals surface area contributed by atoms with Gasteiger partial charge in [0.15, 0.2) is 27.9 Å². The van der Waals surface area contributed by atoms with Gasteiger partial charge in [-0.25, -0.2) is 8.78 Å². The first kappa shape index (κ1) is 15.9. The molecule has 1 amide bonds. The van der Waals surface area contributed by atoms with Crippen molar-refractivity contribution in [3.05, 3.63) is 52.5 Å². The minimum absolute atomic E-state index is 0.153. The predicted octanol–water partition coefficient (Wildman–Crippen LogP) is 3.89. The maximum Gasteiger partial charge on any atom is 0.293 e. The Labute approximate surface area is 148 Å². The highest BCUT2D eigenvalue weighted by Crippen LogP contribution is 2.32. The largest absolute Gasteiger partial charge is 0.444 e. The number of hydrogen-bond acceptors (Lipinski definition) is 5. The van der Waals surface area contributed by atoms with Crippen LogP contribution in [0.5, 0.6) is 0 Å². The number of carbonyl (C=O) groups is 1. The Kier molecular flexibility index (Phi) is 3.87. The third-order valence-electron chi connectivity index (χ3n) is 3.93. The number of aromatic nitrogens is 2. The van der Waals surface area contributed by atoms with E-state index < -0.39 is 11.6 Å². The second kappa shape index (κ2) is 6.07. The minimum Gasteiger partial charge on any atom is -0.444 e. The molecule has 1 fully saturated rings. The zero-order valence-electron chi connectivity index (χ0n) is 12.6. The van der Waals surface area contributed by atoms with Crippen LogP contribution in [0.2, 0.25) is 0 Å². The van der Waals surface area contributed by atoms with Crippen molar-refractivity contribution >= 4 is 27.5 Å². The van der Waals surface area contributed by atoms with Gasteiger partial charge in [0.1, 0.15) is 0 Å². The van der Waals surface area contributed by atoms with Crippen LogP contribution in [0, 0.1) is 11.6 Å². The van der Waals surface area contributed by atoms with E-state index in [4.69, 9.17) is 8.94 Å². The first-order valence-corrected chi connectivity index (χ1v) is 8.15. The fourth-order valence-corrected chi connectivity index (χ4v) is 3.02. The van der Waals surface area contributed by atoms with Gasteiger partial charge in [-0.15, -0.1) is 0 Å². The van der Waals surface area contributed by atoms with Crippen LogP contribution < -0.4 is 4.90 Å². The van der Waals surface area contributed by atoms with Gasteiger partial charge in [0.25, 0.3) is 5.89 Å². The molecule has 4 rings (SSSR count). The van der Waals surface area contributed by atoms with Gasteiger partial charge in [-0.1, -0.05) is 5.16 Å². The lowest BCUT2D eigenvalue weighted by molar-refractivity contribution is -0.117. The van der Waals surface area contributed by atoms with Crippen LogP contribution in [0.1, 0.15) is 18.2 Å². The average Bonchev–Trinajstić information content (AvgIpc) is 3.29.